The highest BCUT2D eigenvalue weighted by Gasteiger charge is 2.16. The first-order valence-corrected chi connectivity index (χ1v) is 5.74. The highest BCUT2D eigenvalue weighted by molar-refractivity contribution is 5.43. The first kappa shape index (κ1) is 11.3. The van der Waals surface area contributed by atoms with Crippen molar-refractivity contribution in [3.63, 3.8) is 0 Å². The van der Waals surface area contributed by atoms with Crippen LogP contribution in [0.5, 0.6) is 0 Å². The molecule has 1 aliphatic rings. The zero-order valence-electron chi connectivity index (χ0n) is 9.76. The fourth-order valence-corrected chi connectivity index (χ4v) is 2.03. The van der Waals surface area contributed by atoms with Crippen LogP contribution in [0.2, 0.25) is 0 Å². The molecule has 0 radical (unpaired) electrons. The fraction of sp³-hybridized carbons (Fsp3) is 0.636. The smallest absolute Gasteiger partial charge is 0.151 e. The fourth-order valence-electron chi connectivity index (χ4n) is 2.03. The summed E-state index contributed by atoms with van der Waals surface area (Å²) in [4.78, 5) is 13.3. The molecule has 0 bridgehead atoms. The lowest BCUT2D eigenvalue weighted by Gasteiger charge is -2.23. The molecule has 2 rings (SSSR count). The summed E-state index contributed by atoms with van der Waals surface area (Å²) in [5, 5.41) is 0. The van der Waals surface area contributed by atoms with E-state index in [4.69, 9.17) is 5.73 Å². The van der Waals surface area contributed by atoms with Crippen molar-refractivity contribution >= 4 is 5.82 Å². The molecule has 0 atom stereocenters. The topological polar surface area (TPSA) is 58.3 Å². The Hall–Kier alpha value is -1.20. The van der Waals surface area contributed by atoms with Gasteiger partial charge in [0, 0.05) is 38.6 Å². The van der Waals surface area contributed by atoms with Gasteiger partial charge in [-0.05, 0) is 20.0 Å². The summed E-state index contributed by atoms with van der Waals surface area (Å²) >= 11 is 0. The number of nitrogens with two attached hydrogens (primary N) is 1. The van der Waals surface area contributed by atoms with E-state index in [2.05, 4.69) is 26.8 Å². The Kier molecular flexibility index (Phi) is 3.69. The first-order chi connectivity index (χ1) is 7.81. The largest absolute Gasteiger partial charge is 0.354 e. The predicted octanol–water partition coefficient (Wildman–Crippen LogP) is 0.0772. The van der Waals surface area contributed by atoms with Gasteiger partial charge in [-0.15, -0.1) is 0 Å². The predicted molar refractivity (Wildman–Crippen MR) is 64.3 cm³/mol. The maximum Gasteiger partial charge on any atom is 0.151 e. The summed E-state index contributed by atoms with van der Waals surface area (Å²) in [6.45, 7) is 4.71. The number of hydrogen-bond donors (Lipinski definition) is 1. The molecule has 5 nitrogen and oxygen atoms in total. The minimum absolute atomic E-state index is 0.454. The van der Waals surface area contributed by atoms with Gasteiger partial charge >= 0.3 is 0 Å². The van der Waals surface area contributed by atoms with Crippen LogP contribution in [-0.2, 0) is 6.54 Å². The van der Waals surface area contributed by atoms with E-state index in [9.17, 15) is 0 Å². The van der Waals surface area contributed by atoms with E-state index in [1.54, 1.807) is 12.4 Å². The van der Waals surface area contributed by atoms with Gasteiger partial charge in [0.05, 0.1) is 5.69 Å². The van der Waals surface area contributed by atoms with Gasteiger partial charge in [-0.3, -0.25) is 4.98 Å². The van der Waals surface area contributed by atoms with Crippen LogP contribution in [0, 0.1) is 0 Å². The lowest BCUT2D eigenvalue weighted by molar-refractivity contribution is 0.360. The van der Waals surface area contributed by atoms with Crippen LogP contribution in [0.1, 0.15) is 12.1 Å². The molecule has 2 N–H and O–H groups in total. The zero-order valence-corrected chi connectivity index (χ0v) is 9.76. The van der Waals surface area contributed by atoms with Gasteiger partial charge in [0.2, 0.25) is 0 Å². The summed E-state index contributed by atoms with van der Waals surface area (Å²) in [5.41, 5.74) is 6.58. The molecule has 1 saturated heterocycles. The Morgan fingerprint density at radius 2 is 2.00 bits per heavy atom. The van der Waals surface area contributed by atoms with E-state index < -0.39 is 0 Å². The summed E-state index contributed by atoms with van der Waals surface area (Å²) < 4.78 is 0. The van der Waals surface area contributed by atoms with Crippen molar-refractivity contribution in [2.45, 2.75) is 13.0 Å². The Bertz CT molecular complexity index is 341. The van der Waals surface area contributed by atoms with Crippen molar-refractivity contribution in [3.8, 4) is 0 Å². The quantitative estimate of drug-likeness (QED) is 0.766. The van der Waals surface area contributed by atoms with E-state index in [1.165, 1.54) is 0 Å². The minimum atomic E-state index is 0.454. The second-order valence-electron chi connectivity index (χ2n) is 4.17. The van der Waals surface area contributed by atoms with Gasteiger partial charge in [0.15, 0.2) is 5.82 Å². The van der Waals surface area contributed by atoms with Crippen LogP contribution in [0.3, 0.4) is 0 Å². The Balaban J connectivity index is 2.16. The Labute approximate surface area is 96.3 Å². The minimum Gasteiger partial charge on any atom is -0.354 e. The second-order valence-corrected chi connectivity index (χ2v) is 4.17. The molecule has 0 saturated carbocycles. The molecule has 0 unspecified atom stereocenters. The molecular weight excluding hydrogens is 202 g/mol. The first-order valence-electron chi connectivity index (χ1n) is 5.74. The summed E-state index contributed by atoms with van der Waals surface area (Å²) in [6, 6.07) is 0. The summed E-state index contributed by atoms with van der Waals surface area (Å²) in [7, 11) is 2.16. The third-order valence-corrected chi connectivity index (χ3v) is 2.96. The molecule has 0 amide bonds. The van der Waals surface area contributed by atoms with Crippen molar-refractivity contribution in [2.75, 3.05) is 38.1 Å². The highest BCUT2D eigenvalue weighted by Crippen LogP contribution is 2.16. The Morgan fingerprint density at radius 3 is 2.81 bits per heavy atom. The molecule has 2 heterocycles. The average Bonchev–Trinajstić information content (AvgIpc) is 2.54. The molecule has 88 valence electrons. The van der Waals surface area contributed by atoms with Crippen molar-refractivity contribution in [3.05, 3.63) is 18.1 Å². The number of anilines is 1. The number of hydrogen-bond acceptors (Lipinski definition) is 5. The molecule has 0 spiro atoms. The lowest BCUT2D eigenvalue weighted by atomic mass is 10.3. The van der Waals surface area contributed by atoms with Crippen LogP contribution in [0.15, 0.2) is 12.4 Å². The molecule has 0 aromatic carbocycles. The van der Waals surface area contributed by atoms with Crippen molar-refractivity contribution < 1.29 is 0 Å². The van der Waals surface area contributed by atoms with Crippen LogP contribution < -0.4 is 10.6 Å². The standard InChI is InChI=1S/C11H19N5/c1-15-5-2-6-16(8-7-15)11-10(9-12)13-3-4-14-11/h3-4H,2,5-9,12H2,1H3. The zero-order chi connectivity index (χ0) is 11.4. The molecule has 1 aromatic heterocycles. The maximum atomic E-state index is 5.68. The van der Waals surface area contributed by atoms with Crippen LogP contribution in [-0.4, -0.2) is 48.1 Å². The number of aromatic nitrogens is 2. The molecule has 16 heavy (non-hydrogen) atoms. The van der Waals surface area contributed by atoms with Gasteiger partial charge < -0.3 is 15.5 Å². The molecule has 1 aromatic rings. The van der Waals surface area contributed by atoms with Crippen molar-refractivity contribution in [2.24, 2.45) is 5.73 Å². The Morgan fingerprint density at radius 1 is 1.19 bits per heavy atom. The SMILES string of the molecule is CN1CCCN(c2nccnc2CN)CC1. The third kappa shape index (κ3) is 2.48. The van der Waals surface area contributed by atoms with Gasteiger partial charge in [0.25, 0.3) is 0 Å². The molecule has 0 aliphatic carbocycles. The maximum absolute atomic E-state index is 5.68. The number of likely N-dealkylation sites (N-methyl/N-ethyl adjacent to an activating group) is 1. The van der Waals surface area contributed by atoms with E-state index in [0.717, 1.165) is 44.1 Å². The van der Waals surface area contributed by atoms with E-state index >= 15 is 0 Å². The molecule has 1 aliphatic heterocycles. The van der Waals surface area contributed by atoms with Crippen LogP contribution in [0.25, 0.3) is 0 Å². The van der Waals surface area contributed by atoms with Gasteiger partial charge in [-0.2, -0.15) is 0 Å². The molecule has 5 heteroatoms. The lowest BCUT2D eigenvalue weighted by Crippen LogP contribution is -2.30. The monoisotopic (exact) mass is 221 g/mol. The summed E-state index contributed by atoms with van der Waals surface area (Å²) in [6.07, 6.45) is 4.61. The molecular formula is C11H19N5. The van der Waals surface area contributed by atoms with Gasteiger partial charge in [0.1, 0.15) is 0 Å². The average molecular weight is 221 g/mol. The van der Waals surface area contributed by atoms with Crippen LogP contribution in [0.4, 0.5) is 5.82 Å². The second kappa shape index (κ2) is 5.23. The number of nitrogens with zero attached hydrogens (tertiary/aromatic N) is 4. The van der Waals surface area contributed by atoms with E-state index in [-0.39, 0.29) is 0 Å². The van der Waals surface area contributed by atoms with Gasteiger partial charge in [-0.25, -0.2) is 4.98 Å². The van der Waals surface area contributed by atoms with Crippen molar-refractivity contribution in [1.82, 2.24) is 14.9 Å². The van der Waals surface area contributed by atoms with Gasteiger partial charge in [-0.1, -0.05) is 0 Å². The highest BCUT2D eigenvalue weighted by atomic mass is 15.2. The van der Waals surface area contributed by atoms with Crippen molar-refractivity contribution in [1.29, 1.82) is 0 Å². The summed E-state index contributed by atoms with van der Waals surface area (Å²) in [5.74, 6) is 0.959. The van der Waals surface area contributed by atoms with E-state index in [0.29, 0.717) is 6.54 Å². The molecule has 1 fully saturated rings. The normalized spacial score (nSPS) is 18.5. The number of rotatable bonds is 2. The third-order valence-electron chi connectivity index (χ3n) is 2.96. The van der Waals surface area contributed by atoms with E-state index in [1.807, 2.05) is 0 Å². The van der Waals surface area contributed by atoms with Crippen LogP contribution >= 0.6 is 0 Å².